The van der Waals surface area contributed by atoms with E-state index >= 15 is 0 Å². The molecule has 1 aromatic heterocycles. The molecule has 4 nitrogen and oxygen atoms in total. The maximum Gasteiger partial charge on any atom is 0.193 e. The molecule has 154 valence electrons. The van der Waals surface area contributed by atoms with Gasteiger partial charge in [-0.3, -0.25) is 9.98 Å². The Balaban J connectivity index is 1.73. The summed E-state index contributed by atoms with van der Waals surface area (Å²) in [7, 11) is 0. The Bertz CT molecular complexity index is 1410. The average Bonchev–Trinajstić information content (AvgIpc) is 3.10. The van der Waals surface area contributed by atoms with Gasteiger partial charge in [-0.05, 0) is 41.5 Å². The standard InChI is InChI=1S/C28H21N3O/c1-28(2)25-23(29-3)15-14-20(26(25)31-27(28)21-11-4-5-13-24(21)32)18-9-8-10-19(17-18)22-12-6-7-16-30-22/h4-17,32H,1-2H3. The van der Waals surface area contributed by atoms with Gasteiger partial charge in [-0.15, -0.1) is 0 Å². The van der Waals surface area contributed by atoms with Crippen molar-refractivity contribution in [2.45, 2.75) is 19.3 Å². The smallest absolute Gasteiger partial charge is 0.193 e. The highest BCUT2D eigenvalue weighted by molar-refractivity contribution is 6.16. The summed E-state index contributed by atoms with van der Waals surface area (Å²) in [6, 6.07) is 25.2. The second-order valence-electron chi connectivity index (χ2n) is 8.37. The summed E-state index contributed by atoms with van der Waals surface area (Å²) in [5, 5.41) is 10.5. The number of nitrogens with zero attached hydrogens (tertiary/aromatic N) is 3. The van der Waals surface area contributed by atoms with Crippen molar-refractivity contribution in [1.82, 2.24) is 4.98 Å². The molecule has 0 radical (unpaired) electrons. The summed E-state index contributed by atoms with van der Waals surface area (Å²) in [5.41, 5.74) is 7.11. The van der Waals surface area contributed by atoms with Crippen LogP contribution in [0, 0.1) is 6.57 Å². The van der Waals surface area contributed by atoms with Crippen molar-refractivity contribution < 1.29 is 5.11 Å². The molecular formula is C28H21N3O. The first-order chi connectivity index (χ1) is 15.5. The summed E-state index contributed by atoms with van der Waals surface area (Å²) in [4.78, 5) is 13.3. The molecule has 3 aromatic carbocycles. The molecule has 1 aliphatic rings. The van der Waals surface area contributed by atoms with Gasteiger partial charge in [0.15, 0.2) is 5.69 Å². The minimum absolute atomic E-state index is 0.190. The molecule has 0 saturated carbocycles. The van der Waals surface area contributed by atoms with E-state index in [1.807, 2.05) is 54.6 Å². The monoisotopic (exact) mass is 415 g/mol. The lowest BCUT2D eigenvalue weighted by molar-refractivity contribution is 0.473. The SMILES string of the molecule is [C-]#[N+]c1ccc(-c2cccc(-c3ccccn3)c2)c2c1C(C)(C)C(c1ccccc1O)=N2. The molecule has 5 rings (SSSR count). The molecule has 0 atom stereocenters. The topological polar surface area (TPSA) is 49.8 Å². The molecule has 0 fully saturated rings. The Morgan fingerprint density at radius 3 is 2.38 bits per heavy atom. The minimum Gasteiger partial charge on any atom is -0.507 e. The number of para-hydroxylation sites is 1. The van der Waals surface area contributed by atoms with E-state index in [-0.39, 0.29) is 5.75 Å². The molecule has 0 spiro atoms. The number of aromatic hydroxyl groups is 1. The summed E-state index contributed by atoms with van der Waals surface area (Å²) in [5.74, 6) is 0.190. The summed E-state index contributed by atoms with van der Waals surface area (Å²) in [6.07, 6.45) is 1.79. The quantitative estimate of drug-likeness (QED) is 0.363. The third-order valence-corrected chi connectivity index (χ3v) is 6.01. The molecule has 0 unspecified atom stereocenters. The zero-order chi connectivity index (χ0) is 22.3. The van der Waals surface area contributed by atoms with Crippen LogP contribution in [0.1, 0.15) is 25.0 Å². The molecule has 0 aliphatic carbocycles. The zero-order valence-corrected chi connectivity index (χ0v) is 17.9. The fourth-order valence-electron chi connectivity index (χ4n) is 4.46. The van der Waals surface area contributed by atoms with Crippen LogP contribution in [-0.4, -0.2) is 15.8 Å². The van der Waals surface area contributed by atoms with Gasteiger partial charge in [0.05, 0.1) is 23.7 Å². The summed E-state index contributed by atoms with van der Waals surface area (Å²) < 4.78 is 0. The Morgan fingerprint density at radius 1 is 0.844 bits per heavy atom. The van der Waals surface area contributed by atoms with Gasteiger partial charge in [0.1, 0.15) is 5.75 Å². The van der Waals surface area contributed by atoms with E-state index in [4.69, 9.17) is 11.6 Å². The van der Waals surface area contributed by atoms with E-state index < -0.39 is 5.41 Å². The predicted molar refractivity (Wildman–Crippen MR) is 129 cm³/mol. The van der Waals surface area contributed by atoms with Gasteiger partial charge in [-0.25, -0.2) is 4.85 Å². The molecular weight excluding hydrogens is 394 g/mol. The molecule has 0 saturated heterocycles. The van der Waals surface area contributed by atoms with E-state index in [1.165, 1.54) is 0 Å². The number of pyridine rings is 1. The first-order valence-electron chi connectivity index (χ1n) is 10.4. The highest BCUT2D eigenvalue weighted by Crippen LogP contribution is 2.52. The molecule has 4 heteroatoms. The van der Waals surface area contributed by atoms with Crippen molar-refractivity contribution >= 4 is 17.1 Å². The lowest BCUT2D eigenvalue weighted by atomic mass is 9.77. The minimum atomic E-state index is -0.525. The van der Waals surface area contributed by atoms with Gasteiger partial charge < -0.3 is 5.11 Å². The molecule has 1 aliphatic heterocycles. The van der Waals surface area contributed by atoms with E-state index in [1.54, 1.807) is 18.3 Å². The first kappa shape index (κ1) is 19.7. The van der Waals surface area contributed by atoms with Gasteiger partial charge in [-0.1, -0.05) is 62.4 Å². The lowest BCUT2D eigenvalue weighted by Crippen LogP contribution is -2.26. The fraction of sp³-hybridized carbons (Fsp3) is 0.107. The van der Waals surface area contributed by atoms with Crippen molar-refractivity contribution in [1.29, 1.82) is 0 Å². The number of phenols is 1. The number of hydrogen-bond donors (Lipinski definition) is 1. The predicted octanol–water partition coefficient (Wildman–Crippen LogP) is 7.08. The summed E-state index contributed by atoms with van der Waals surface area (Å²) in [6.45, 7) is 11.9. The number of rotatable bonds is 3. The van der Waals surface area contributed by atoms with E-state index in [2.05, 4.69) is 35.8 Å². The van der Waals surface area contributed by atoms with Crippen molar-refractivity contribution in [2.75, 3.05) is 0 Å². The maximum atomic E-state index is 10.5. The molecule has 32 heavy (non-hydrogen) atoms. The molecule has 0 amide bonds. The zero-order valence-electron chi connectivity index (χ0n) is 17.9. The number of aromatic nitrogens is 1. The Morgan fingerprint density at radius 2 is 1.62 bits per heavy atom. The van der Waals surface area contributed by atoms with Crippen molar-refractivity contribution in [3.63, 3.8) is 0 Å². The second-order valence-corrected chi connectivity index (χ2v) is 8.37. The number of aliphatic imine (C=N–C) groups is 1. The number of benzene rings is 3. The van der Waals surface area contributed by atoms with E-state index in [9.17, 15) is 5.11 Å². The maximum absolute atomic E-state index is 10.5. The van der Waals surface area contributed by atoms with E-state index in [0.717, 1.165) is 39.3 Å². The highest BCUT2D eigenvalue weighted by Gasteiger charge is 2.39. The van der Waals surface area contributed by atoms with E-state index in [0.29, 0.717) is 11.3 Å². The fourth-order valence-corrected chi connectivity index (χ4v) is 4.46. The number of phenolic OH excluding ortho intramolecular Hbond substituents is 1. The molecule has 1 N–H and O–H groups in total. The van der Waals surface area contributed by atoms with Gasteiger partial charge in [-0.2, -0.15) is 0 Å². The van der Waals surface area contributed by atoms with Crippen LogP contribution in [-0.2, 0) is 5.41 Å². The van der Waals surface area contributed by atoms with Crippen LogP contribution in [0.15, 0.2) is 90.1 Å². The Labute approximate surface area is 187 Å². The Kier molecular flexibility index (Phi) is 4.61. The lowest BCUT2D eigenvalue weighted by Gasteiger charge is -2.24. The molecule has 4 aromatic rings. The Hall–Kier alpha value is -4.23. The highest BCUT2D eigenvalue weighted by atomic mass is 16.3. The van der Waals surface area contributed by atoms with Crippen LogP contribution in [0.4, 0.5) is 11.4 Å². The van der Waals surface area contributed by atoms with Crippen LogP contribution in [0.5, 0.6) is 5.75 Å². The summed E-state index contributed by atoms with van der Waals surface area (Å²) >= 11 is 0. The van der Waals surface area contributed by atoms with Gasteiger partial charge in [0, 0.05) is 28.3 Å². The van der Waals surface area contributed by atoms with Gasteiger partial charge in [0.25, 0.3) is 0 Å². The van der Waals surface area contributed by atoms with Crippen LogP contribution in [0.25, 0.3) is 27.2 Å². The van der Waals surface area contributed by atoms with Gasteiger partial charge in [0.2, 0.25) is 0 Å². The van der Waals surface area contributed by atoms with Crippen molar-refractivity contribution in [3.05, 3.63) is 108 Å². The van der Waals surface area contributed by atoms with Crippen molar-refractivity contribution in [2.24, 2.45) is 4.99 Å². The molecule has 2 heterocycles. The second kappa shape index (κ2) is 7.47. The third kappa shape index (κ3) is 3.07. The average molecular weight is 415 g/mol. The number of hydrogen-bond acceptors (Lipinski definition) is 3. The normalized spacial score (nSPS) is 13.8. The third-order valence-electron chi connectivity index (χ3n) is 6.01. The van der Waals surface area contributed by atoms with Crippen LogP contribution in [0.2, 0.25) is 0 Å². The van der Waals surface area contributed by atoms with Gasteiger partial charge >= 0.3 is 0 Å². The van der Waals surface area contributed by atoms with Crippen LogP contribution >= 0.6 is 0 Å². The first-order valence-corrected chi connectivity index (χ1v) is 10.4. The van der Waals surface area contributed by atoms with Crippen LogP contribution < -0.4 is 0 Å². The largest absolute Gasteiger partial charge is 0.507 e. The molecule has 0 bridgehead atoms. The van der Waals surface area contributed by atoms with Crippen molar-refractivity contribution in [3.8, 4) is 28.1 Å². The van der Waals surface area contributed by atoms with Crippen LogP contribution in [0.3, 0.4) is 0 Å². The number of fused-ring (bicyclic) bond motifs is 1.